The second-order valence-electron chi connectivity index (χ2n) is 4.46. The molecule has 1 rings (SSSR count). The number of rotatable bonds is 6. The van der Waals surface area contributed by atoms with Gasteiger partial charge >= 0.3 is 0 Å². The summed E-state index contributed by atoms with van der Waals surface area (Å²) in [7, 11) is 1.65. The summed E-state index contributed by atoms with van der Waals surface area (Å²) in [6.45, 7) is 6.66. The monoisotopic (exact) mass is 236 g/mol. The van der Waals surface area contributed by atoms with Gasteiger partial charge in [-0.15, -0.1) is 0 Å². The molecule has 0 radical (unpaired) electrons. The maximum absolute atomic E-state index is 5.99. The van der Waals surface area contributed by atoms with Crippen molar-refractivity contribution in [1.82, 2.24) is 0 Å². The molecule has 1 atom stereocenters. The summed E-state index contributed by atoms with van der Waals surface area (Å²) in [4.78, 5) is 0. The molecular weight excluding hydrogens is 212 g/mol. The summed E-state index contributed by atoms with van der Waals surface area (Å²) < 4.78 is 5.14. The molecule has 0 saturated heterocycles. The molecule has 0 aliphatic rings. The average Bonchev–Trinajstić information content (AvgIpc) is 2.33. The minimum Gasteiger partial charge on any atom is -0.497 e. The van der Waals surface area contributed by atoms with Gasteiger partial charge in [0.1, 0.15) is 5.75 Å². The Kier molecular flexibility index (Phi) is 5.13. The Balaban J connectivity index is 2.74. The Bertz CT molecular complexity index is 348. The first kappa shape index (κ1) is 13.7. The van der Waals surface area contributed by atoms with Crippen molar-refractivity contribution < 1.29 is 4.74 Å². The van der Waals surface area contributed by atoms with E-state index in [0.29, 0.717) is 12.0 Å². The van der Waals surface area contributed by atoms with Gasteiger partial charge in [0.15, 0.2) is 0 Å². The van der Waals surface area contributed by atoms with Gasteiger partial charge in [-0.1, -0.05) is 26.7 Å². The SMILES string of the molecule is CCC(CC)C(C)Nc1ccc(OC)cc1N. The van der Waals surface area contributed by atoms with E-state index < -0.39 is 0 Å². The van der Waals surface area contributed by atoms with E-state index in [0.717, 1.165) is 17.1 Å². The molecule has 0 aliphatic carbocycles. The number of anilines is 2. The molecule has 1 unspecified atom stereocenters. The van der Waals surface area contributed by atoms with Crippen molar-refractivity contribution in [1.29, 1.82) is 0 Å². The molecule has 0 fully saturated rings. The largest absolute Gasteiger partial charge is 0.497 e. The number of nitrogen functional groups attached to an aromatic ring is 1. The molecule has 96 valence electrons. The van der Waals surface area contributed by atoms with Crippen LogP contribution in [0.3, 0.4) is 0 Å². The summed E-state index contributed by atoms with van der Waals surface area (Å²) in [5.74, 6) is 1.47. The third-order valence-corrected chi connectivity index (χ3v) is 3.40. The lowest BCUT2D eigenvalue weighted by molar-refractivity contribution is 0.415. The summed E-state index contributed by atoms with van der Waals surface area (Å²) in [5.41, 5.74) is 7.71. The zero-order chi connectivity index (χ0) is 12.8. The fraction of sp³-hybridized carbons (Fsp3) is 0.571. The van der Waals surface area contributed by atoms with E-state index in [9.17, 15) is 0 Å². The Hall–Kier alpha value is -1.38. The quantitative estimate of drug-likeness (QED) is 0.743. The Morgan fingerprint density at radius 3 is 2.41 bits per heavy atom. The van der Waals surface area contributed by atoms with E-state index in [-0.39, 0.29) is 0 Å². The molecule has 17 heavy (non-hydrogen) atoms. The van der Waals surface area contributed by atoms with Gasteiger partial charge in [0.05, 0.1) is 18.5 Å². The van der Waals surface area contributed by atoms with Crippen LogP contribution in [0.4, 0.5) is 11.4 Å². The van der Waals surface area contributed by atoms with Crippen LogP contribution >= 0.6 is 0 Å². The standard InChI is InChI=1S/C14H24N2O/c1-5-11(6-2)10(3)16-14-8-7-12(17-4)9-13(14)15/h7-11,16H,5-6,15H2,1-4H3. The van der Waals surface area contributed by atoms with Crippen molar-refractivity contribution >= 4 is 11.4 Å². The van der Waals surface area contributed by atoms with Gasteiger partial charge in [0, 0.05) is 12.1 Å². The van der Waals surface area contributed by atoms with Gasteiger partial charge in [0.25, 0.3) is 0 Å². The van der Waals surface area contributed by atoms with Crippen molar-refractivity contribution in [3.63, 3.8) is 0 Å². The number of nitrogens with two attached hydrogens (primary N) is 1. The fourth-order valence-electron chi connectivity index (χ4n) is 2.16. The number of ether oxygens (including phenoxy) is 1. The first-order valence-electron chi connectivity index (χ1n) is 6.32. The van der Waals surface area contributed by atoms with Crippen molar-refractivity contribution in [2.24, 2.45) is 5.92 Å². The normalized spacial score (nSPS) is 12.5. The van der Waals surface area contributed by atoms with Crippen LogP contribution in [0.25, 0.3) is 0 Å². The molecule has 0 aliphatic heterocycles. The zero-order valence-corrected chi connectivity index (χ0v) is 11.3. The van der Waals surface area contributed by atoms with E-state index in [4.69, 9.17) is 10.5 Å². The molecule has 0 amide bonds. The van der Waals surface area contributed by atoms with Gasteiger partial charge in [0.2, 0.25) is 0 Å². The highest BCUT2D eigenvalue weighted by molar-refractivity contribution is 5.68. The van der Waals surface area contributed by atoms with Gasteiger partial charge in [-0.2, -0.15) is 0 Å². The summed E-state index contributed by atoms with van der Waals surface area (Å²) >= 11 is 0. The van der Waals surface area contributed by atoms with E-state index in [2.05, 4.69) is 26.1 Å². The minimum atomic E-state index is 0.431. The number of benzene rings is 1. The molecule has 1 aromatic rings. The molecule has 3 N–H and O–H groups in total. The van der Waals surface area contributed by atoms with Crippen LogP contribution in [0, 0.1) is 5.92 Å². The third kappa shape index (κ3) is 3.55. The second kappa shape index (κ2) is 6.38. The maximum Gasteiger partial charge on any atom is 0.121 e. The molecule has 1 aromatic carbocycles. The zero-order valence-electron chi connectivity index (χ0n) is 11.3. The predicted molar refractivity (Wildman–Crippen MR) is 74.6 cm³/mol. The Labute approximate surface area is 104 Å². The van der Waals surface area contributed by atoms with Gasteiger partial charge in [-0.05, 0) is 25.0 Å². The number of nitrogens with one attached hydrogen (secondary N) is 1. The lowest BCUT2D eigenvalue weighted by Gasteiger charge is -2.24. The molecule has 0 bridgehead atoms. The molecule has 0 heterocycles. The van der Waals surface area contributed by atoms with Gasteiger partial charge < -0.3 is 15.8 Å². The van der Waals surface area contributed by atoms with Gasteiger partial charge in [-0.3, -0.25) is 0 Å². The van der Waals surface area contributed by atoms with Crippen LogP contribution in [0.2, 0.25) is 0 Å². The van der Waals surface area contributed by atoms with E-state index in [1.165, 1.54) is 12.8 Å². The first-order chi connectivity index (χ1) is 8.12. The highest BCUT2D eigenvalue weighted by atomic mass is 16.5. The molecular formula is C14H24N2O. The number of methoxy groups -OCH3 is 1. The summed E-state index contributed by atoms with van der Waals surface area (Å²) in [6.07, 6.45) is 2.36. The van der Waals surface area contributed by atoms with Crippen molar-refractivity contribution in [2.45, 2.75) is 39.7 Å². The lowest BCUT2D eigenvalue weighted by atomic mass is 9.95. The molecule has 0 aromatic heterocycles. The van der Waals surface area contributed by atoms with E-state index >= 15 is 0 Å². The fourth-order valence-corrected chi connectivity index (χ4v) is 2.16. The second-order valence-corrected chi connectivity index (χ2v) is 4.46. The van der Waals surface area contributed by atoms with Crippen molar-refractivity contribution in [3.8, 4) is 5.75 Å². The molecule has 3 nitrogen and oxygen atoms in total. The third-order valence-electron chi connectivity index (χ3n) is 3.40. The van der Waals surface area contributed by atoms with Gasteiger partial charge in [-0.25, -0.2) is 0 Å². The number of hydrogen-bond donors (Lipinski definition) is 2. The predicted octanol–water partition coefficient (Wildman–Crippen LogP) is 3.51. The molecule has 3 heteroatoms. The maximum atomic E-state index is 5.99. The van der Waals surface area contributed by atoms with Crippen molar-refractivity contribution in [2.75, 3.05) is 18.2 Å². The molecule has 0 saturated carbocycles. The Morgan fingerprint density at radius 2 is 1.94 bits per heavy atom. The van der Waals surface area contributed by atoms with E-state index in [1.807, 2.05) is 18.2 Å². The molecule has 0 spiro atoms. The van der Waals surface area contributed by atoms with Crippen LogP contribution in [0.15, 0.2) is 18.2 Å². The highest BCUT2D eigenvalue weighted by Crippen LogP contribution is 2.26. The topological polar surface area (TPSA) is 47.3 Å². The first-order valence-corrected chi connectivity index (χ1v) is 6.32. The summed E-state index contributed by atoms with van der Waals surface area (Å²) in [5, 5.41) is 3.48. The van der Waals surface area contributed by atoms with E-state index in [1.54, 1.807) is 7.11 Å². The number of hydrogen-bond acceptors (Lipinski definition) is 3. The Morgan fingerprint density at radius 1 is 1.29 bits per heavy atom. The van der Waals surface area contributed by atoms with Crippen LogP contribution in [0.5, 0.6) is 5.75 Å². The average molecular weight is 236 g/mol. The highest BCUT2D eigenvalue weighted by Gasteiger charge is 2.14. The summed E-state index contributed by atoms with van der Waals surface area (Å²) in [6, 6.07) is 6.19. The minimum absolute atomic E-state index is 0.431. The van der Waals surface area contributed by atoms with Crippen LogP contribution in [-0.4, -0.2) is 13.2 Å². The smallest absolute Gasteiger partial charge is 0.121 e. The van der Waals surface area contributed by atoms with Crippen LogP contribution < -0.4 is 15.8 Å². The van der Waals surface area contributed by atoms with Crippen LogP contribution in [0.1, 0.15) is 33.6 Å². The van der Waals surface area contributed by atoms with Crippen molar-refractivity contribution in [3.05, 3.63) is 18.2 Å². The van der Waals surface area contributed by atoms with Crippen LogP contribution in [-0.2, 0) is 0 Å². The lowest BCUT2D eigenvalue weighted by Crippen LogP contribution is -2.25.